The van der Waals surface area contributed by atoms with Crippen LogP contribution in [0.1, 0.15) is 79.6 Å². The average molecular weight is 388 g/mol. The van der Waals surface area contributed by atoms with E-state index in [1.54, 1.807) is 12.5 Å². The molecule has 1 N–H and O–H groups in total. The number of allylic oxidation sites excluding steroid dienone is 1. The molecule has 0 aliphatic heterocycles. The lowest BCUT2D eigenvalue weighted by Gasteiger charge is -2.58. The standard InChI is InChI=1S/C24H37NO3/c1-14-12-21-19-7-6-17-13-18(28-16(3)27)8-10-23(17,4)20(19)9-11-24(21,5)22(14)25-15(2)26/h6,14,18-22H,7-13H2,1-5H3,(H,25,26)/t14-,18+,19-,20-,21-,22-,23+,24+/m1/s1. The number of carbonyl (C=O) groups is 2. The lowest BCUT2D eigenvalue weighted by Crippen LogP contribution is -2.54. The van der Waals surface area contributed by atoms with E-state index in [4.69, 9.17) is 4.74 Å². The van der Waals surface area contributed by atoms with Gasteiger partial charge in [0.1, 0.15) is 6.10 Å². The van der Waals surface area contributed by atoms with Gasteiger partial charge in [-0.2, -0.15) is 0 Å². The summed E-state index contributed by atoms with van der Waals surface area (Å²) in [5.41, 5.74) is 2.03. The molecule has 156 valence electrons. The van der Waals surface area contributed by atoms with Crippen molar-refractivity contribution in [1.82, 2.24) is 5.32 Å². The summed E-state index contributed by atoms with van der Waals surface area (Å²) in [6, 6.07) is 0.314. The summed E-state index contributed by atoms with van der Waals surface area (Å²) >= 11 is 0. The second-order valence-corrected chi connectivity index (χ2v) is 10.7. The molecular weight excluding hydrogens is 350 g/mol. The summed E-state index contributed by atoms with van der Waals surface area (Å²) < 4.78 is 5.55. The quantitative estimate of drug-likeness (QED) is 0.555. The highest BCUT2D eigenvalue weighted by atomic mass is 16.5. The van der Waals surface area contributed by atoms with Crippen LogP contribution < -0.4 is 5.32 Å². The topological polar surface area (TPSA) is 55.4 Å². The number of amides is 1. The Labute approximate surface area is 169 Å². The van der Waals surface area contributed by atoms with E-state index in [2.05, 4.69) is 32.2 Å². The second-order valence-electron chi connectivity index (χ2n) is 10.7. The van der Waals surface area contributed by atoms with Crippen LogP contribution in [0.3, 0.4) is 0 Å². The smallest absolute Gasteiger partial charge is 0.302 e. The van der Waals surface area contributed by atoms with Crippen LogP contribution >= 0.6 is 0 Å². The summed E-state index contributed by atoms with van der Waals surface area (Å²) in [6.45, 7) is 10.4. The molecule has 4 aliphatic carbocycles. The molecule has 0 aromatic rings. The first-order chi connectivity index (χ1) is 13.1. The fourth-order valence-corrected chi connectivity index (χ4v) is 7.85. The van der Waals surface area contributed by atoms with Gasteiger partial charge in [-0.3, -0.25) is 9.59 Å². The zero-order valence-electron chi connectivity index (χ0n) is 18.2. The van der Waals surface area contributed by atoms with E-state index in [9.17, 15) is 9.59 Å². The SMILES string of the molecule is CC(=O)N[C@@H]1[C@H](C)C[C@@H]2[C@@H]3CC=C4C[C@@H](OC(C)=O)CC[C@]4(C)[C@@H]3CC[C@@]21C. The number of hydrogen-bond donors (Lipinski definition) is 1. The van der Waals surface area contributed by atoms with Crippen LogP contribution in [0.4, 0.5) is 0 Å². The zero-order chi connectivity index (χ0) is 20.3. The number of hydrogen-bond acceptors (Lipinski definition) is 3. The lowest BCUT2D eigenvalue weighted by molar-refractivity contribution is -0.148. The molecule has 4 aliphatic rings. The average Bonchev–Trinajstić information content (AvgIpc) is 2.85. The summed E-state index contributed by atoms with van der Waals surface area (Å²) in [5, 5.41) is 3.31. The third kappa shape index (κ3) is 3.02. The van der Waals surface area contributed by atoms with Gasteiger partial charge in [0.25, 0.3) is 0 Å². The molecule has 0 aromatic heterocycles. The van der Waals surface area contributed by atoms with E-state index in [0.29, 0.717) is 17.9 Å². The number of nitrogens with one attached hydrogen (secondary N) is 1. The van der Waals surface area contributed by atoms with Crippen LogP contribution in [-0.4, -0.2) is 24.0 Å². The largest absolute Gasteiger partial charge is 0.462 e. The normalized spacial score (nSPS) is 47.2. The Kier molecular flexibility index (Phi) is 4.91. The Morgan fingerprint density at radius 1 is 1.14 bits per heavy atom. The molecule has 0 unspecified atom stereocenters. The molecule has 0 spiro atoms. The van der Waals surface area contributed by atoms with Crippen LogP contribution in [0, 0.1) is 34.5 Å². The predicted octanol–water partition coefficient (Wildman–Crippen LogP) is 4.63. The van der Waals surface area contributed by atoms with Crippen molar-refractivity contribution in [2.75, 3.05) is 0 Å². The minimum absolute atomic E-state index is 0.0675. The van der Waals surface area contributed by atoms with Crippen LogP contribution in [0.5, 0.6) is 0 Å². The first-order valence-electron chi connectivity index (χ1n) is 11.3. The van der Waals surface area contributed by atoms with Crippen LogP contribution in [0.15, 0.2) is 11.6 Å². The molecule has 28 heavy (non-hydrogen) atoms. The van der Waals surface area contributed by atoms with Gasteiger partial charge < -0.3 is 10.1 Å². The third-order valence-electron chi connectivity index (χ3n) is 9.09. The number of esters is 1. The lowest BCUT2D eigenvalue weighted by atomic mass is 9.48. The summed E-state index contributed by atoms with van der Waals surface area (Å²) in [7, 11) is 0. The molecular formula is C24H37NO3. The summed E-state index contributed by atoms with van der Waals surface area (Å²) in [6.07, 6.45) is 10.5. The molecule has 4 heteroatoms. The highest BCUT2D eigenvalue weighted by molar-refractivity contribution is 5.73. The first-order valence-corrected chi connectivity index (χ1v) is 11.3. The Morgan fingerprint density at radius 3 is 2.57 bits per heavy atom. The maximum absolute atomic E-state index is 11.8. The maximum Gasteiger partial charge on any atom is 0.302 e. The Morgan fingerprint density at radius 2 is 1.89 bits per heavy atom. The molecule has 4 rings (SSSR count). The fourth-order valence-electron chi connectivity index (χ4n) is 7.85. The number of rotatable bonds is 2. The summed E-state index contributed by atoms with van der Waals surface area (Å²) in [5.74, 6) is 2.66. The van der Waals surface area contributed by atoms with Crippen LogP contribution in [0.25, 0.3) is 0 Å². The van der Waals surface area contributed by atoms with Gasteiger partial charge >= 0.3 is 5.97 Å². The predicted molar refractivity (Wildman–Crippen MR) is 109 cm³/mol. The van der Waals surface area contributed by atoms with Crippen LogP contribution in [0.2, 0.25) is 0 Å². The number of ether oxygens (including phenoxy) is 1. The van der Waals surface area contributed by atoms with Gasteiger partial charge in [-0.05, 0) is 73.0 Å². The summed E-state index contributed by atoms with van der Waals surface area (Å²) in [4.78, 5) is 23.2. The first kappa shape index (κ1) is 20.0. The second kappa shape index (κ2) is 6.88. The van der Waals surface area contributed by atoms with Gasteiger partial charge in [-0.25, -0.2) is 0 Å². The molecule has 4 nitrogen and oxygen atoms in total. The van der Waals surface area contributed by atoms with Gasteiger partial charge in [-0.15, -0.1) is 0 Å². The van der Waals surface area contributed by atoms with Crippen molar-refractivity contribution in [3.8, 4) is 0 Å². The van der Waals surface area contributed by atoms with Crippen molar-refractivity contribution in [3.63, 3.8) is 0 Å². The van der Waals surface area contributed by atoms with Crippen molar-refractivity contribution in [1.29, 1.82) is 0 Å². The van der Waals surface area contributed by atoms with E-state index in [1.165, 1.54) is 26.2 Å². The van der Waals surface area contributed by atoms with Crippen molar-refractivity contribution in [2.24, 2.45) is 34.5 Å². The van der Waals surface area contributed by atoms with Gasteiger partial charge in [0.2, 0.25) is 5.91 Å². The molecule has 3 saturated carbocycles. The molecule has 0 heterocycles. The number of fused-ring (bicyclic) bond motifs is 5. The fraction of sp³-hybridized carbons (Fsp3) is 0.833. The Hall–Kier alpha value is -1.32. The van der Waals surface area contributed by atoms with Crippen molar-refractivity contribution in [2.45, 2.75) is 91.7 Å². The van der Waals surface area contributed by atoms with Gasteiger partial charge in [-0.1, -0.05) is 32.4 Å². The van der Waals surface area contributed by atoms with Gasteiger partial charge in [0.05, 0.1) is 0 Å². The van der Waals surface area contributed by atoms with Gasteiger partial charge in [0, 0.05) is 26.3 Å². The number of carbonyl (C=O) groups excluding carboxylic acids is 2. The molecule has 8 atom stereocenters. The van der Waals surface area contributed by atoms with Crippen molar-refractivity contribution < 1.29 is 14.3 Å². The third-order valence-corrected chi connectivity index (χ3v) is 9.09. The van der Waals surface area contributed by atoms with Crippen molar-refractivity contribution in [3.05, 3.63) is 11.6 Å². The highest BCUT2D eigenvalue weighted by Crippen LogP contribution is 2.65. The molecule has 3 fully saturated rings. The minimum atomic E-state index is -0.153. The van der Waals surface area contributed by atoms with E-state index in [-0.39, 0.29) is 28.8 Å². The Bertz CT molecular complexity index is 700. The molecule has 0 saturated heterocycles. The molecule has 0 bridgehead atoms. The zero-order valence-corrected chi connectivity index (χ0v) is 18.2. The van der Waals surface area contributed by atoms with E-state index < -0.39 is 0 Å². The van der Waals surface area contributed by atoms with E-state index in [1.807, 2.05) is 0 Å². The molecule has 1 amide bonds. The molecule has 0 aromatic carbocycles. The Balaban J connectivity index is 1.58. The monoisotopic (exact) mass is 387 g/mol. The highest BCUT2D eigenvalue weighted by Gasteiger charge is 2.60. The van der Waals surface area contributed by atoms with Crippen molar-refractivity contribution >= 4 is 11.9 Å². The van der Waals surface area contributed by atoms with Crippen LogP contribution in [-0.2, 0) is 14.3 Å². The van der Waals surface area contributed by atoms with Gasteiger partial charge in [0.15, 0.2) is 0 Å². The molecule has 0 radical (unpaired) electrons. The minimum Gasteiger partial charge on any atom is -0.462 e. The van der Waals surface area contributed by atoms with E-state index >= 15 is 0 Å². The van der Waals surface area contributed by atoms with E-state index in [0.717, 1.165) is 37.5 Å². The maximum atomic E-state index is 11.8.